The van der Waals surface area contributed by atoms with E-state index in [4.69, 9.17) is 5.73 Å². The average molecular weight is 252 g/mol. The highest BCUT2D eigenvalue weighted by atomic mass is 32.1. The average Bonchev–Trinajstić information content (AvgIpc) is 2.97. The molecule has 1 heterocycles. The molecule has 3 heteroatoms. The zero-order chi connectivity index (χ0) is 12.3. The van der Waals surface area contributed by atoms with E-state index < -0.39 is 0 Å². The molecule has 2 rings (SSSR count). The monoisotopic (exact) mass is 252 g/mol. The van der Waals surface area contributed by atoms with Crippen molar-refractivity contribution in [2.24, 2.45) is 5.73 Å². The highest BCUT2D eigenvalue weighted by Crippen LogP contribution is 2.30. The van der Waals surface area contributed by atoms with Gasteiger partial charge >= 0.3 is 0 Å². The Morgan fingerprint density at radius 2 is 2.29 bits per heavy atom. The van der Waals surface area contributed by atoms with Gasteiger partial charge in [-0.25, -0.2) is 0 Å². The van der Waals surface area contributed by atoms with E-state index in [0.717, 1.165) is 25.6 Å². The summed E-state index contributed by atoms with van der Waals surface area (Å²) in [7, 11) is 0. The predicted octanol–water partition coefficient (Wildman–Crippen LogP) is 3.23. The summed E-state index contributed by atoms with van der Waals surface area (Å²) in [6.45, 7) is 6.52. The molecule has 2 N–H and O–H groups in total. The fraction of sp³-hybridized carbons (Fsp3) is 0.714. The minimum Gasteiger partial charge on any atom is -0.324 e. The molecule has 1 unspecified atom stereocenters. The number of rotatable bonds is 7. The first kappa shape index (κ1) is 13.1. The van der Waals surface area contributed by atoms with Gasteiger partial charge in [0.25, 0.3) is 0 Å². The lowest BCUT2D eigenvalue weighted by Crippen LogP contribution is -2.48. The molecule has 1 aromatic rings. The third-order valence-corrected chi connectivity index (χ3v) is 4.25. The zero-order valence-electron chi connectivity index (χ0n) is 11.0. The molecular weight excluding hydrogens is 228 g/mol. The van der Waals surface area contributed by atoms with Gasteiger partial charge in [-0.15, -0.1) is 11.3 Å². The van der Waals surface area contributed by atoms with Crippen LogP contribution in [0.25, 0.3) is 0 Å². The van der Waals surface area contributed by atoms with E-state index in [1.54, 1.807) is 0 Å². The molecule has 96 valence electrons. The fourth-order valence-electron chi connectivity index (χ4n) is 2.47. The van der Waals surface area contributed by atoms with Crippen LogP contribution in [-0.4, -0.2) is 23.0 Å². The fourth-order valence-corrected chi connectivity index (χ4v) is 3.20. The highest BCUT2D eigenvalue weighted by Gasteiger charge is 2.33. The molecule has 0 spiro atoms. The molecule has 0 aromatic carbocycles. The van der Waals surface area contributed by atoms with Gasteiger partial charge in [0.1, 0.15) is 0 Å². The van der Waals surface area contributed by atoms with Gasteiger partial charge in [-0.2, -0.15) is 0 Å². The maximum absolute atomic E-state index is 6.38. The van der Waals surface area contributed by atoms with Gasteiger partial charge in [0, 0.05) is 29.5 Å². The summed E-state index contributed by atoms with van der Waals surface area (Å²) < 4.78 is 0. The van der Waals surface area contributed by atoms with E-state index in [0.29, 0.717) is 0 Å². The predicted molar refractivity (Wildman–Crippen MR) is 75.3 cm³/mol. The van der Waals surface area contributed by atoms with Gasteiger partial charge < -0.3 is 5.73 Å². The smallest absolute Gasteiger partial charge is 0.0331 e. The third-order valence-electron chi connectivity index (χ3n) is 3.39. The Labute approximate surface area is 109 Å². The van der Waals surface area contributed by atoms with Crippen molar-refractivity contribution in [1.82, 2.24) is 4.90 Å². The number of nitrogens with two attached hydrogens (primary N) is 1. The molecule has 0 amide bonds. The summed E-state index contributed by atoms with van der Waals surface area (Å²) in [5, 5.41) is 2.16. The summed E-state index contributed by atoms with van der Waals surface area (Å²) in [4.78, 5) is 4.05. The van der Waals surface area contributed by atoms with E-state index in [1.807, 2.05) is 11.3 Å². The van der Waals surface area contributed by atoms with Crippen LogP contribution in [0, 0.1) is 0 Å². The van der Waals surface area contributed by atoms with E-state index in [-0.39, 0.29) is 5.54 Å². The lowest BCUT2D eigenvalue weighted by Gasteiger charge is -2.32. The van der Waals surface area contributed by atoms with Crippen molar-refractivity contribution in [3.05, 3.63) is 22.4 Å². The molecular formula is C14H24N2S. The third kappa shape index (κ3) is 4.09. The normalized spacial score (nSPS) is 19.5. The summed E-state index contributed by atoms with van der Waals surface area (Å²) in [6, 6.07) is 5.16. The molecule has 0 aliphatic heterocycles. The quantitative estimate of drug-likeness (QED) is 0.807. The Morgan fingerprint density at radius 1 is 1.53 bits per heavy atom. The first-order valence-corrected chi connectivity index (χ1v) is 7.54. The zero-order valence-corrected chi connectivity index (χ0v) is 11.8. The summed E-state index contributed by atoms with van der Waals surface area (Å²) in [5.41, 5.74) is 6.35. The van der Waals surface area contributed by atoms with Gasteiger partial charge in [0.2, 0.25) is 0 Å². The first-order valence-electron chi connectivity index (χ1n) is 6.66. The first-order chi connectivity index (χ1) is 8.11. The largest absolute Gasteiger partial charge is 0.324 e. The molecule has 17 heavy (non-hydrogen) atoms. The topological polar surface area (TPSA) is 29.3 Å². The van der Waals surface area contributed by atoms with E-state index in [2.05, 4.69) is 36.3 Å². The van der Waals surface area contributed by atoms with Crippen LogP contribution >= 0.6 is 11.3 Å². The summed E-state index contributed by atoms with van der Waals surface area (Å²) >= 11 is 1.85. The van der Waals surface area contributed by atoms with Gasteiger partial charge in [-0.05, 0) is 37.6 Å². The summed E-state index contributed by atoms with van der Waals surface area (Å²) in [5.74, 6) is 0. The van der Waals surface area contributed by atoms with Crippen molar-refractivity contribution in [2.75, 3.05) is 6.54 Å². The number of hydrogen-bond acceptors (Lipinski definition) is 3. The Bertz CT molecular complexity index is 328. The van der Waals surface area contributed by atoms with Crippen LogP contribution in [-0.2, 0) is 6.54 Å². The Morgan fingerprint density at radius 3 is 2.82 bits per heavy atom. The molecule has 1 aliphatic carbocycles. The minimum absolute atomic E-state index is 0.0331. The SMILES string of the molecule is CCCC(C)(N)CN(Cc1cccs1)C1CC1. The van der Waals surface area contributed by atoms with Gasteiger partial charge in [-0.3, -0.25) is 4.90 Å². The summed E-state index contributed by atoms with van der Waals surface area (Å²) in [6.07, 6.45) is 4.99. The maximum atomic E-state index is 6.38. The second-order valence-electron chi connectivity index (χ2n) is 5.62. The molecule has 1 aliphatic rings. The van der Waals surface area contributed by atoms with Crippen molar-refractivity contribution in [3.8, 4) is 0 Å². The second kappa shape index (κ2) is 5.51. The van der Waals surface area contributed by atoms with Crippen molar-refractivity contribution >= 4 is 11.3 Å². The molecule has 1 atom stereocenters. The molecule has 1 fully saturated rings. The lowest BCUT2D eigenvalue weighted by molar-refractivity contribution is 0.194. The van der Waals surface area contributed by atoms with Crippen molar-refractivity contribution in [1.29, 1.82) is 0 Å². The van der Waals surface area contributed by atoms with Crippen LogP contribution in [0.1, 0.15) is 44.4 Å². The van der Waals surface area contributed by atoms with Crippen LogP contribution in [0.3, 0.4) is 0 Å². The number of nitrogens with zero attached hydrogens (tertiary/aromatic N) is 1. The molecule has 0 saturated heterocycles. The molecule has 1 aromatic heterocycles. The number of thiophene rings is 1. The van der Waals surface area contributed by atoms with E-state index in [1.165, 1.54) is 24.1 Å². The second-order valence-corrected chi connectivity index (χ2v) is 6.65. The van der Waals surface area contributed by atoms with Crippen LogP contribution in [0.5, 0.6) is 0 Å². The van der Waals surface area contributed by atoms with Crippen LogP contribution in [0.4, 0.5) is 0 Å². The maximum Gasteiger partial charge on any atom is 0.0331 e. The van der Waals surface area contributed by atoms with E-state index >= 15 is 0 Å². The Kier molecular flexibility index (Phi) is 4.23. The Hall–Kier alpha value is -0.380. The molecule has 0 bridgehead atoms. The minimum atomic E-state index is -0.0331. The number of hydrogen-bond donors (Lipinski definition) is 1. The molecule has 1 saturated carbocycles. The molecule has 0 radical (unpaired) electrons. The standard InChI is InChI=1S/C14H24N2S/c1-3-8-14(2,15)11-16(12-6-7-12)10-13-5-4-9-17-13/h4-5,9,12H,3,6-8,10-11,15H2,1-2H3. The van der Waals surface area contributed by atoms with Crippen LogP contribution in [0.15, 0.2) is 17.5 Å². The van der Waals surface area contributed by atoms with Crippen LogP contribution < -0.4 is 5.73 Å². The van der Waals surface area contributed by atoms with Crippen LogP contribution in [0.2, 0.25) is 0 Å². The molecule has 2 nitrogen and oxygen atoms in total. The van der Waals surface area contributed by atoms with Crippen molar-refractivity contribution in [3.63, 3.8) is 0 Å². The van der Waals surface area contributed by atoms with E-state index in [9.17, 15) is 0 Å². The van der Waals surface area contributed by atoms with Gasteiger partial charge in [-0.1, -0.05) is 19.4 Å². The van der Waals surface area contributed by atoms with Crippen molar-refractivity contribution in [2.45, 2.75) is 57.7 Å². The Balaban J connectivity index is 1.93. The van der Waals surface area contributed by atoms with Gasteiger partial charge in [0.05, 0.1) is 0 Å². The highest BCUT2D eigenvalue weighted by molar-refractivity contribution is 7.09. The van der Waals surface area contributed by atoms with Gasteiger partial charge in [0.15, 0.2) is 0 Å². The van der Waals surface area contributed by atoms with Crippen molar-refractivity contribution < 1.29 is 0 Å². The lowest BCUT2D eigenvalue weighted by atomic mass is 9.97.